The fraction of sp³-hybridized carbons (Fsp3) is 0.267. The maximum Gasteiger partial charge on any atom is 0.274 e. The van der Waals surface area contributed by atoms with Crippen LogP contribution in [0.3, 0.4) is 0 Å². The summed E-state index contributed by atoms with van der Waals surface area (Å²) in [5, 5.41) is 10.0. The van der Waals surface area contributed by atoms with Crippen molar-refractivity contribution in [2.24, 2.45) is 0 Å². The molecule has 2 rings (SSSR count). The van der Waals surface area contributed by atoms with Crippen LogP contribution in [0.1, 0.15) is 23.8 Å². The zero-order valence-electron chi connectivity index (χ0n) is 11.5. The second-order valence-electron chi connectivity index (χ2n) is 4.62. The number of amides is 1. The first-order valence-electron chi connectivity index (χ1n) is 6.45. The Balaban J connectivity index is 2.31. The highest BCUT2D eigenvalue weighted by molar-refractivity contribution is 6.31. The van der Waals surface area contributed by atoms with Crippen LogP contribution in [0.4, 0.5) is 5.69 Å². The van der Waals surface area contributed by atoms with Gasteiger partial charge in [0.05, 0.1) is 5.02 Å². The number of nitrogens with zero attached hydrogens (tertiary/aromatic N) is 2. The monoisotopic (exact) mass is 292 g/mol. The van der Waals surface area contributed by atoms with E-state index in [1.54, 1.807) is 43.6 Å². The average molecular weight is 293 g/mol. The lowest BCUT2D eigenvalue weighted by molar-refractivity contribution is 0.0984. The van der Waals surface area contributed by atoms with Gasteiger partial charge in [-0.2, -0.15) is 0 Å². The summed E-state index contributed by atoms with van der Waals surface area (Å²) < 4.78 is 1.85. The second kappa shape index (κ2) is 6.01. The quantitative estimate of drug-likeness (QED) is 0.937. The van der Waals surface area contributed by atoms with E-state index in [4.69, 9.17) is 11.6 Å². The van der Waals surface area contributed by atoms with Crippen LogP contribution in [-0.4, -0.2) is 22.6 Å². The number of phenolic OH excluding ortho intramolecular Hbond substituents is 1. The predicted molar refractivity (Wildman–Crippen MR) is 80.6 cm³/mol. The van der Waals surface area contributed by atoms with E-state index < -0.39 is 0 Å². The number of carbonyl (C=O) groups excluding carboxylic acids is 1. The fourth-order valence-corrected chi connectivity index (χ4v) is 2.29. The molecule has 1 heterocycles. The van der Waals surface area contributed by atoms with Crippen LogP contribution in [-0.2, 0) is 6.54 Å². The first-order chi connectivity index (χ1) is 9.52. The summed E-state index contributed by atoms with van der Waals surface area (Å²) in [4.78, 5) is 14.0. The zero-order chi connectivity index (χ0) is 14.7. The van der Waals surface area contributed by atoms with Gasteiger partial charge in [0, 0.05) is 31.5 Å². The molecule has 0 saturated heterocycles. The number of aromatic hydroxyl groups is 1. The molecule has 106 valence electrons. The van der Waals surface area contributed by atoms with Gasteiger partial charge in [0.2, 0.25) is 0 Å². The molecule has 1 amide bonds. The molecule has 2 aromatic rings. The van der Waals surface area contributed by atoms with Crippen molar-refractivity contribution in [1.29, 1.82) is 0 Å². The first-order valence-corrected chi connectivity index (χ1v) is 6.83. The van der Waals surface area contributed by atoms with E-state index in [2.05, 4.69) is 0 Å². The number of anilines is 1. The second-order valence-corrected chi connectivity index (χ2v) is 5.06. The van der Waals surface area contributed by atoms with E-state index in [1.807, 2.05) is 11.5 Å². The molecule has 0 aliphatic carbocycles. The number of carbonyl (C=O) groups is 1. The SMILES string of the molecule is CCCn1cc(Cl)cc1C(=O)N(C)c1cccc(O)c1. The van der Waals surface area contributed by atoms with E-state index in [0.717, 1.165) is 13.0 Å². The number of rotatable bonds is 4. The molecule has 4 nitrogen and oxygen atoms in total. The third-order valence-corrected chi connectivity index (χ3v) is 3.28. The molecule has 0 bridgehead atoms. The maximum absolute atomic E-state index is 12.5. The summed E-state index contributed by atoms with van der Waals surface area (Å²) in [7, 11) is 1.67. The van der Waals surface area contributed by atoms with Crippen molar-refractivity contribution >= 4 is 23.2 Å². The van der Waals surface area contributed by atoms with Crippen molar-refractivity contribution in [2.75, 3.05) is 11.9 Å². The molecular weight excluding hydrogens is 276 g/mol. The molecule has 0 saturated carbocycles. The molecule has 1 aromatic carbocycles. The fourth-order valence-electron chi connectivity index (χ4n) is 2.07. The van der Waals surface area contributed by atoms with E-state index in [1.165, 1.54) is 4.90 Å². The molecule has 5 heteroatoms. The largest absolute Gasteiger partial charge is 0.508 e. The van der Waals surface area contributed by atoms with Crippen molar-refractivity contribution < 1.29 is 9.90 Å². The molecule has 0 atom stereocenters. The molecule has 1 N–H and O–H groups in total. The van der Waals surface area contributed by atoms with Gasteiger partial charge in [0.1, 0.15) is 11.4 Å². The third-order valence-electron chi connectivity index (χ3n) is 3.07. The summed E-state index contributed by atoms with van der Waals surface area (Å²) in [5.74, 6) is -0.0277. The normalized spacial score (nSPS) is 10.6. The highest BCUT2D eigenvalue weighted by Crippen LogP contribution is 2.22. The van der Waals surface area contributed by atoms with Crippen LogP contribution in [0.25, 0.3) is 0 Å². The molecule has 0 spiro atoms. The highest BCUT2D eigenvalue weighted by Gasteiger charge is 2.18. The topological polar surface area (TPSA) is 45.5 Å². The number of aromatic nitrogens is 1. The molecule has 20 heavy (non-hydrogen) atoms. The van der Waals surface area contributed by atoms with Crippen LogP contribution in [0.2, 0.25) is 5.02 Å². The predicted octanol–water partition coefficient (Wildman–Crippen LogP) is 3.53. The summed E-state index contributed by atoms with van der Waals surface area (Å²) >= 11 is 5.99. The average Bonchev–Trinajstić information content (AvgIpc) is 2.78. The van der Waals surface area contributed by atoms with E-state index in [-0.39, 0.29) is 11.7 Å². The Morgan fingerprint density at radius 1 is 1.40 bits per heavy atom. The van der Waals surface area contributed by atoms with Crippen molar-refractivity contribution in [3.63, 3.8) is 0 Å². The Morgan fingerprint density at radius 3 is 2.80 bits per heavy atom. The van der Waals surface area contributed by atoms with Gasteiger partial charge in [0.25, 0.3) is 5.91 Å². The van der Waals surface area contributed by atoms with Crippen molar-refractivity contribution in [2.45, 2.75) is 19.9 Å². The molecule has 1 aromatic heterocycles. The first kappa shape index (κ1) is 14.5. The Labute approximate surface area is 123 Å². The van der Waals surface area contributed by atoms with Crippen LogP contribution in [0.15, 0.2) is 36.5 Å². The van der Waals surface area contributed by atoms with E-state index in [0.29, 0.717) is 16.4 Å². The molecule has 0 fully saturated rings. The van der Waals surface area contributed by atoms with E-state index in [9.17, 15) is 9.90 Å². The van der Waals surface area contributed by atoms with Gasteiger partial charge in [-0.3, -0.25) is 4.79 Å². The Bertz CT molecular complexity index is 622. The number of aryl methyl sites for hydroxylation is 1. The van der Waals surface area contributed by atoms with Crippen LogP contribution >= 0.6 is 11.6 Å². The van der Waals surface area contributed by atoms with Crippen LogP contribution in [0, 0.1) is 0 Å². The molecule has 0 aliphatic heterocycles. The number of hydrogen-bond donors (Lipinski definition) is 1. The summed E-state index contributed by atoms with van der Waals surface area (Å²) in [5.41, 5.74) is 1.18. The van der Waals surface area contributed by atoms with Crippen LogP contribution < -0.4 is 4.90 Å². The molecule has 0 unspecified atom stereocenters. The minimum absolute atomic E-state index is 0.129. The minimum Gasteiger partial charge on any atom is -0.508 e. The lowest BCUT2D eigenvalue weighted by atomic mass is 10.2. The Kier molecular flexibility index (Phi) is 4.35. The smallest absolute Gasteiger partial charge is 0.274 e. The van der Waals surface area contributed by atoms with Gasteiger partial charge >= 0.3 is 0 Å². The number of hydrogen-bond acceptors (Lipinski definition) is 2. The molecular formula is C15H17ClN2O2. The number of halogens is 1. The van der Waals surface area contributed by atoms with Gasteiger partial charge in [-0.05, 0) is 24.6 Å². The van der Waals surface area contributed by atoms with Gasteiger partial charge < -0.3 is 14.6 Å². The maximum atomic E-state index is 12.5. The van der Waals surface area contributed by atoms with Gasteiger partial charge in [-0.25, -0.2) is 0 Å². The zero-order valence-corrected chi connectivity index (χ0v) is 12.3. The number of phenols is 1. The van der Waals surface area contributed by atoms with Gasteiger partial charge in [-0.15, -0.1) is 0 Å². The van der Waals surface area contributed by atoms with Crippen LogP contribution in [0.5, 0.6) is 5.75 Å². The van der Waals surface area contributed by atoms with Gasteiger partial charge in [0.15, 0.2) is 0 Å². The summed E-state index contributed by atoms with van der Waals surface area (Å²) in [6.07, 6.45) is 2.68. The molecule has 0 radical (unpaired) electrons. The van der Waals surface area contributed by atoms with Crippen molar-refractivity contribution in [3.8, 4) is 5.75 Å². The molecule has 0 aliphatic rings. The third kappa shape index (κ3) is 2.96. The van der Waals surface area contributed by atoms with Crippen molar-refractivity contribution in [1.82, 2.24) is 4.57 Å². The Morgan fingerprint density at radius 2 is 2.15 bits per heavy atom. The Hall–Kier alpha value is -1.94. The summed E-state index contributed by atoms with van der Waals surface area (Å²) in [6.45, 7) is 2.78. The van der Waals surface area contributed by atoms with Crippen molar-refractivity contribution in [3.05, 3.63) is 47.2 Å². The minimum atomic E-state index is -0.157. The highest BCUT2D eigenvalue weighted by atomic mass is 35.5. The summed E-state index contributed by atoms with van der Waals surface area (Å²) in [6, 6.07) is 8.25. The lowest BCUT2D eigenvalue weighted by Gasteiger charge is -2.18. The number of benzene rings is 1. The standard InChI is InChI=1S/C15H17ClN2O2/c1-3-7-18-10-11(16)8-14(18)15(20)17(2)12-5-4-6-13(19)9-12/h4-6,8-10,19H,3,7H2,1-2H3. The van der Waals surface area contributed by atoms with E-state index >= 15 is 0 Å². The van der Waals surface area contributed by atoms with Gasteiger partial charge in [-0.1, -0.05) is 24.6 Å². The lowest BCUT2D eigenvalue weighted by Crippen LogP contribution is -2.28.